The Morgan fingerprint density at radius 2 is 1.65 bits per heavy atom. The number of hydrogen-bond donors (Lipinski definition) is 1. The zero-order chi connectivity index (χ0) is 21.2. The summed E-state index contributed by atoms with van der Waals surface area (Å²) < 4.78 is 6.14. The van der Waals surface area contributed by atoms with E-state index in [1.807, 2.05) is 6.07 Å². The van der Waals surface area contributed by atoms with Crippen LogP contribution >= 0.6 is 0 Å². The van der Waals surface area contributed by atoms with Crippen molar-refractivity contribution in [3.05, 3.63) is 102 Å². The zero-order valence-corrected chi connectivity index (χ0v) is 18.1. The second-order valence-electron chi connectivity index (χ2n) is 8.34. The van der Waals surface area contributed by atoms with Gasteiger partial charge in [0, 0.05) is 18.3 Å². The van der Waals surface area contributed by atoms with Gasteiger partial charge in [-0.1, -0.05) is 72.3 Å². The van der Waals surface area contributed by atoms with Gasteiger partial charge in [-0.25, -0.2) is 0 Å². The van der Waals surface area contributed by atoms with E-state index in [0.29, 0.717) is 6.61 Å². The van der Waals surface area contributed by atoms with Gasteiger partial charge in [-0.05, 0) is 54.4 Å². The second-order valence-corrected chi connectivity index (χ2v) is 8.34. The Kier molecular flexibility index (Phi) is 5.35. The Balaban J connectivity index is 1.41. The van der Waals surface area contributed by atoms with Gasteiger partial charge in [0.1, 0.15) is 12.4 Å². The fraction of sp³-hybridized carbons (Fsp3) is 0.214. The summed E-state index contributed by atoms with van der Waals surface area (Å²) >= 11 is 0. The van der Waals surface area contributed by atoms with Gasteiger partial charge in [0.15, 0.2) is 0 Å². The van der Waals surface area contributed by atoms with E-state index < -0.39 is 0 Å². The van der Waals surface area contributed by atoms with Gasteiger partial charge in [-0.3, -0.25) is 0 Å². The van der Waals surface area contributed by atoms with Crippen molar-refractivity contribution >= 4 is 22.1 Å². The Bertz CT molecular complexity index is 1180. The lowest BCUT2D eigenvalue weighted by Crippen LogP contribution is -2.46. The summed E-state index contributed by atoms with van der Waals surface area (Å²) in [6.07, 6.45) is 0. The molecule has 0 fully saturated rings. The lowest BCUT2D eigenvalue weighted by Gasteiger charge is -2.39. The molecule has 0 aliphatic carbocycles. The van der Waals surface area contributed by atoms with Gasteiger partial charge in [0.05, 0.1) is 11.7 Å². The molecule has 4 aromatic carbocycles. The van der Waals surface area contributed by atoms with Crippen LogP contribution in [-0.2, 0) is 0 Å². The number of rotatable bonds is 5. The lowest BCUT2D eigenvalue weighted by atomic mass is 9.99. The quantitative estimate of drug-likeness (QED) is 0.414. The number of benzene rings is 4. The molecule has 0 radical (unpaired) electrons. The molecule has 4 aromatic rings. The molecule has 0 saturated heterocycles. The smallest absolute Gasteiger partial charge is 0.143 e. The Labute approximate surface area is 184 Å². The van der Waals surface area contributed by atoms with Crippen LogP contribution in [0.3, 0.4) is 0 Å². The number of aryl methyl sites for hydroxylation is 1. The summed E-state index contributed by atoms with van der Waals surface area (Å²) in [7, 11) is 0. The van der Waals surface area contributed by atoms with E-state index in [-0.39, 0.29) is 12.1 Å². The third-order valence-electron chi connectivity index (χ3n) is 6.18. The van der Waals surface area contributed by atoms with E-state index in [1.165, 1.54) is 27.6 Å². The standard InChI is InChI=1S/C28H28N2O/c1-20-14-16-23(17-15-20)30-24(19-31-28-13-6-5-12-27(28)30)18-29-21(2)25-11-7-9-22-8-3-4-10-26(22)25/h3-17,21,24,29H,18-19H2,1-2H3. The van der Waals surface area contributed by atoms with Crippen LogP contribution in [0.15, 0.2) is 91.0 Å². The lowest BCUT2D eigenvalue weighted by molar-refractivity contribution is 0.264. The molecule has 0 amide bonds. The maximum atomic E-state index is 6.14. The molecule has 1 aliphatic heterocycles. The zero-order valence-electron chi connectivity index (χ0n) is 18.1. The topological polar surface area (TPSA) is 24.5 Å². The summed E-state index contributed by atoms with van der Waals surface area (Å²) in [4.78, 5) is 2.42. The summed E-state index contributed by atoms with van der Waals surface area (Å²) in [6.45, 7) is 5.85. The first kappa shape index (κ1) is 19.7. The minimum Gasteiger partial charge on any atom is -0.489 e. The van der Waals surface area contributed by atoms with Crippen LogP contribution < -0.4 is 15.0 Å². The van der Waals surface area contributed by atoms with Crippen molar-refractivity contribution in [1.29, 1.82) is 0 Å². The van der Waals surface area contributed by atoms with Crippen LogP contribution in [0.25, 0.3) is 10.8 Å². The maximum Gasteiger partial charge on any atom is 0.143 e. The third-order valence-corrected chi connectivity index (χ3v) is 6.18. The highest BCUT2D eigenvalue weighted by atomic mass is 16.5. The van der Waals surface area contributed by atoms with Crippen LogP contribution in [0.2, 0.25) is 0 Å². The first-order valence-corrected chi connectivity index (χ1v) is 11.0. The predicted molar refractivity (Wildman–Crippen MR) is 129 cm³/mol. The summed E-state index contributed by atoms with van der Waals surface area (Å²) in [5.74, 6) is 0.946. The van der Waals surface area contributed by atoms with E-state index in [1.54, 1.807) is 0 Å². The van der Waals surface area contributed by atoms with Crippen molar-refractivity contribution in [1.82, 2.24) is 5.32 Å². The largest absolute Gasteiger partial charge is 0.489 e. The Morgan fingerprint density at radius 1 is 0.903 bits per heavy atom. The van der Waals surface area contributed by atoms with E-state index in [0.717, 1.165) is 18.0 Å². The molecule has 0 aromatic heterocycles. The van der Waals surface area contributed by atoms with Crippen molar-refractivity contribution in [2.75, 3.05) is 18.1 Å². The number of nitrogens with zero attached hydrogens (tertiary/aromatic N) is 1. The molecule has 3 nitrogen and oxygen atoms in total. The first-order chi connectivity index (χ1) is 15.2. The third kappa shape index (κ3) is 3.89. The predicted octanol–water partition coefficient (Wildman–Crippen LogP) is 6.40. The first-order valence-electron chi connectivity index (χ1n) is 11.0. The maximum absolute atomic E-state index is 6.14. The van der Waals surface area contributed by atoms with Crippen LogP contribution in [-0.4, -0.2) is 19.2 Å². The minimum absolute atomic E-state index is 0.204. The molecule has 1 aliphatic rings. The minimum atomic E-state index is 0.204. The van der Waals surface area contributed by atoms with Crippen molar-refractivity contribution in [3.63, 3.8) is 0 Å². The number of anilines is 2. The molecule has 0 saturated carbocycles. The number of fused-ring (bicyclic) bond motifs is 2. The summed E-state index contributed by atoms with van der Waals surface area (Å²) in [5.41, 5.74) is 4.93. The van der Waals surface area contributed by atoms with Gasteiger partial charge >= 0.3 is 0 Å². The van der Waals surface area contributed by atoms with Gasteiger partial charge in [-0.2, -0.15) is 0 Å². The highest BCUT2D eigenvalue weighted by molar-refractivity contribution is 5.86. The second kappa shape index (κ2) is 8.44. The van der Waals surface area contributed by atoms with Gasteiger partial charge < -0.3 is 15.0 Å². The molecule has 3 heteroatoms. The van der Waals surface area contributed by atoms with Gasteiger partial charge in [-0.15, -0.1) is 0 Å². The molecule has 5 rings (SSSR count). The summed E-state index contributed by atoms with van der Waals surface area (Å²) in [5, 5.41) is 6.37. The number of hydrogen-bond acceptors (Lipinski definition) is 3. The molecule has 0 spiro atoms. The average Bonchev–Trinajstić information content (AvgIpc) is 2.82. The molecule has 0 bridgehead atoms. The van der Waals surface area contributed by atoms with E-state index >= 15 is 0 Å². The molecule has 1 heterocycles. The number of ether oxygens (including phenoxy) is 1. The SMILES string of the molecule is Cc1ccc(N2c3ccccc3OCC2CNC(C)c2cccc3ccccc23)cc1. The van der Waals surface area contributed by atoms with Crippen molar-refractivity contribution in [2.24, 2.45) is 0 Å². The highest BCUT2D eigenvalue weighted by Crippen LogP contribution is 2.39. The summed E-state index contributed by atoms with van der Waals surface area (Å²) in [6, 6.07) is 32.7. The van der Waals surface area contributed by atoms with Crippen LogP contribution in [0.1, 0.15) is 24.1 Å². The van der Waals surface area contributed by atoms with Crippen LogP contribution in [0.4, 0.5) is 11.4 Å². The van der Waals surface area contributed by atoms with E-state index in [9.17, 15) is 0 Å². The van der Waals surface area contributed by atoms with Crippen molar-refractivity contribution < 1.29 is 4.74 Å². The van der Waals surface area contributed by atoms with Crippen LogP contribution in [0.5, 0.6) is 5.75 Å². The van der Waals surface area contributed by atoms with E-state index in [4.69, 9.17) is 4.74 Å². The Hall–Kier alpha value is -3.30. The van der Waals surface area contributed by atoms with E-state index in [2.05, 4.69) is 109 Å². The molecule has 2 unspecified atom stereocenters. The van der Waals surface area contributed by atoms with Crippen LogP contribution in [0, 0.1) is 6.92 Å². The fourth-order valence-corrected chi connectivity index (χ4v) is 4.49. The van der Waals surface area contributed by atoms with Gasteiger partial charge in [0.2, 0.25) is 0 Å². The normalized spacial score (nSPS) is 16.6. The number of para-hydroxylation sites is 2. The van der Waals surface area contributed by atoms with Gasteiger partial charge in [0.25, 0.3) is 0 Å². The highest BCUT2D eigenvalue weighted by Gasteiger charge is 2.29. The Morgan fingerprint density at radius 3 is 2.52 bits per heavy atom. The average molecular weight is 409 g/mol. The monoisotopic (exact) mass is 408 g/mol. The molecule has 1 N–H and O–H groups in total. The molecule has 2 atom stereocenters. The molecular weight excluding hydrogens is 380 g/mol. The number of nitrogens with one attached hydrogen (secondary N) is 1. The van der Waals surface area contributed by atoms with Crippen molar-refractivity contribution in [3.8, 4) is 5.75 Å². The fourth-order valence-electron chi connectivity index (χ4n) is 4.49. The molecular formula is C28H28N2O. The van der Waals surface area contributed by atoms with Crippen molar-refractivity contribution in [2.45, 2.75) is 25.9 Å². The molecule has 31 heavy (non-hydrogen) atoms. The molecule has 156 valence electrons.